The lowest BCUT2D eigenvalue weighted by Crippen LogP contribution is -2.28. The molecule has 144 valence electrons. The summed E-state index contributed by atoms with van der Waals surface area (Å²) in [4.78, 5) is 14.5. The Hall–Kier alpha value is -3.93. The summed E-state index contributed by atoms with van der Waals surface area (Å²) in [6.45, 7) is 0.977. The summed E-state index contributed by atoms with van der Waals surface area (Å²) in [5, 5.41) is 8.26. The smallest absolute Gasteiger partial charge is 0.251 e. The van der Waals surface area contributed by atoms with Crippen LogP contribution in [0.5, 0.6) is 0 Å². The van der Waals surface area contributed by atoms with Crippen LogP contribution in [0.1, 0.15) is 17.0 Å². The zero-order chi connectivity index (χ0) is 19.9. The first-order valence-corrected chi connectivity index (χ1v) is 9.29. The van der Waals surface area contributed by atoms with Crippen molar-refractivity contribution in [2.24, 2.45) is 0 Å². The molecule has 6 heteroatoms. The largest absolute Gasteiger partial charge is 0.467 e. The zero-order valence-corrected chi connectivity index (χ0v) is 15.8. The molecule has 0 fully saturated rings. The summed E-state index contributed by atoms with van der Waals surface area (Å²) < 4.78 is 7.16. The zero-order valence-electron chi connectivity index (χ0n) is 15.8. The van der Waals surface area contributed by atoms with Crippen molar-refractivity contribution in [3.63, 3.8) is 0 Å². The van der Waals surface area contributed by atoms with Crippen molar-refractivity contribution in [2.45, 2.75) is 13.1 Å². The monoisotopic (exact) mass is 384 g/mol. The van der Waals surface area contributed by atoms with Crippen LogP contribution < -0.4 is 4.90 Å². The van der Waals surface area contributed by atoms with Crippen LogP contribution in [0.3, 0.4) is 0 Å². The average molecular weight is 384 g/mol. The number of benzene rings is 2. The molecule has 0 aliphatic heterocycles. The summed E-state index contributed by atoms with van der Waals surface area (Å²) in [6, 6.07) is 23.2. The van der Waals surface area contributed by atoms with Crippen LogP contribution in [-0.4, -0.2) is 20.9 Å². The molecule has 0 spiro atoms. The first kappa shape index (κ1) is 18.4. The fourth-order valence-electron chi connectivity index (χ4n) is 2.95. The summed E-state index contributed by atoms with van der Waals surface area (Å²) in [5.41, 5.74) is 2.56. The Morgan fingerprint density at radius 3 is 2.48 bits per heavy atom. The second-order valence-electron chi connectivity index (χ2n) is 6.50. The van der Waals surface area contributed by atoms with Crippen molar-refractivity contribution < 1.29 is 9.21 Å². The Bertz CT molecular complexity index is 1070. The molecule has 0 atom stereocenters. The van der Waals surface area contributed by atoms with E-state index in [1.807, 2.05) is 79.0 Å². The van der Waals surface area contributed by atoms with Gasteiger partial charge < -0.3 is 9.32 Å². The summed E-state index contributed by atoms with van der Waals surface area (Å²) in [6.07, 6.45) is 6.60. The highest BCUT2D eigenvalue weighted by Crippen LogP contribution is 2.18. The van der Waals surface area contributed by atoms with Crippen LogP contribution in [0.15, 0.2) is 95.7 Å². The van der Waals surface area contributed by atoms with E-state index in [1.54, 1.807) is 21.9 Å². The van der Waals surface area contributed by atoms with Gasteiger partial charge in [-0.15, -0.1) is 5.10 Å². The van der Waals surface area contributed by atoms with Gasteiger partial charge in [0.1, 0.15) is 11.5 Å². The molecule has 0 N–H and O–H groups in total. The highest BCUT2D eigenvalue weighted by molar-refractivity contribution is 6.03. The molecule has 0 saturated heterocycles. The number of rotatable bonds is 7. The van der Waals surface area contributed by atoms with E-state index in [-0.39, 0.29) is 5.91 Å². The van der Waals surface area contributed by atoms with Gasteiger partial charge in [-0.1, -0.05) is 53.7 Å². The minimum Gasteiger partial charge on any atom is -0.467 e. The van der Waals surface area contributed by atoms with Gasteiger partial charge in [0.2, 0.25) is 0 Å². The van der Waals surface area contributed by atoms with Crippen molar-refractivity contribution in [3.05, 3.63) is 108 Å². The van der Waals surface area contributed by atoms with Gasteiger partial charge in [-0.3, -0.25) is 4.79 Å². The third-order valence-electron chi connectivity index (χ3n) is 4.37. The second kappa shape index (κ2) is 8.84. The fraction of sp³-hybridized carbons (Fsp3) is 0.0870. The van der Waals surface area contributed by atoms with E-state index >= 15 is 0 Å². The van der Waals surface area contributed by atoms with Crippen LogP contribution in [0.2, 0.25) is 0 Å². The fourth-order valence-corrected chi connectivity index (χ4v) is 2.95. The van der Waals surface area contributed by atoms with Crippen LogP contribution in [0.25, 0.3) is 6.08 Å². The molecule has 0 aliphatic rings. The molecule has 2 aromatic carbocycles. The molecule has 1 amide bonds. The van der Waals surface area contributed by atoms with E-state index in [0.29, 0.717) is 24.5 Å². The van der Waals surface area contributed by atoms with Crippen LogP contribution in [0, 0.1) is 0 Å². The van der Waals surface area contributed by atoms with Crippen LogP contribution in [-0.2, 0) is 17.9 Å². The van der Waals surface area contributed by atoms with Crippen molar-refractivity contribution in [1.29, 1.82) is 0 Å². The number of carbonyl (C=O) groups excluding carboxylic acids is 1. The first-order chi connectivity index (χ1) is 14.3. The normalized spacial score (nSPS) is 11.0. The lowest BCUT2D eigenvalue weighted by atomic mass is 10.2. The van der Waals surface area contributed by atoms with Crippen molar-refractivity contribution >= 4 is 17.7 Å². The number of hydrogen-bond donors (Lipinski definition) is 0. The van der Waals surface area contributed by atoms with Crippen molar-refractivity contribution in [2.75, 3.05) is 4.90 Å². The number of amides is 1. The van der Waals surface area contributed by atoms with Gasteiger partial charge in [0, 0.05) is 11.8 Å². The number of anilines is 1. The van der Waals surface area contributed by atoms with E-state index < -0.39 is 0 Å². The van der Waals surface area contributed by atoms with Crippen molar-refractivity contribution in [1.82, 2.24) is 15.0 Å². The SMILES string of the molecule is O=C(/C=C/c1cn(Cc2ccccc2)nn1)N(Cc1ccco1)c1ccccc1. The molecule has 2 heterocycles. The molecule has 0 bridgehead atoms. The van der Waals surface area contributed by atoms with Crippen molar-refractivity contribution in [3.8, 4) is 0 Å². The number of nitrogens with zero attached hydrogens (tertiary/aromatic N) is 4. The molecule has 4 rings (SSSR count). The number of aromatic nitrogens is 3. The van der Waals surface area contributed by atoms with Crippen LogP contribution in [0.4, 0.5) is 5.69 Å². The molecule has 0 unspecified atom stereocenters. The van der Waals surface area contributed by atoms with E-state index in [9.17, 15) is 4.79 Å². The summed E-state index contributed by atoms with van der Waals surface area (Å²) >= 11 is 0. The van der Waals surface area contributed by atoms with Gasteiger partial charge in [-0.2, -0.15) is 0 Å². The second-order valence-corrected chi connectivity index (χ2v) is 6.50. The Balaban J connectivity index is 1.48. The lowest BCUT2D eigenvalue weighted by Gasteiger charge is -2.20. The van der Waals surface area contributed by atoms with E-state index in [2.05, 4.69) is 10.3 Å². The maximum atomic E-state index is 12.9. The number of hydrogen-bond acceptors (Lipinski definition) is 4. The predicted octanol–water partition coefficient (Wildman–Crippen LogP) is 4.17. The highest BCUT2D eigenvalue weighted by Gasteiger charge is 2.15. The highest BCUT2D eigenvalue weighted by atomic mass is 16.3. The molecule has 0 aliphatic carbocycles. The molecule has 4 aromatic rings. The first-order valence-electron chi connectivity index (χ1n) is 9.29. The summed E-state index contributed by atoms with van der Waals surface area (Å²) in [5.74, 6) is 0.551. The van der Waals surface area contributed by atoms with E-state index in [1.165, 1.54) is 6.08 Å². The third-order valence-corrected chi connectivity index (χ3v) is 4.37. The van der Waals surface area contributed by atoms with Gasteiger partial charge in [0.15, 0.2) is 0 Å². The molecule has 0 saturated carbocycles. The van der Waals surface area contributed by atoms with Gasteiger partial charge in [0.05, 0.1) is 25.5 Å². The Morgan fingerprint density at radius 1 is 1.00 bits per heavy atom. The lowest BCUT2D eigenvalue weighted by molar-refractivity contribution is -0.114. The number of furan rings is 1. The van der Waals surface area contributed by atoms with E-state index in [0.717, 1.165) is 11.3 Å². The Labute approximate surface area is 168 Å². The van der Waals surface area contributed by atoms with E-state index in [4.69, 9.17) is 4.42 Å². The minimum absolute atomic E-state index is 0.162. The topological polar surface area (TPSA) is 64.2 Å². The molecular weight excluding hydrogens is 364 g/mol. The molecule has 29 heavy (non-hydrogen) atoms. The van der Waals surface area contributed by atoms with Crippen LogP contribution >= 0.6 is 0 Å². The number of para-hydroxylation sites is 1. The maximum Gasteiger partial charge on any atom is 0.251 e. The molecule has 2 aromatic heterocycles. The van der Waals surface area contributed by atoms with Gasteiger partial charge in [0.25, 0.3) is 5.91 Å². The number of carbonyl (C=O) groups is 1. The van der Waals surface area contributed by atoms with Gasteiger partial charge in [-0.25, -0.2) is 4.68 Å². The third kappa shape index (κ3) is 4.87. The Kier molecular flexibility index (Phi) is 5.62. The Morgan fingerprint density at radius 2 is 1.76 bits per heavy atom. The molecule has 0 radical (unpaired) electrons. The maximum absolute atomic E-state index is 12.9. The molecule has 6 nitrogen and oxygen atoms in total. The van der Waals surface area contributed by atoms with Gasteiger partial charge >= 0.3 is 0 Å². The average Bonchev–Trinajstić information content (AvgIpc) is 3.44. The molecular formula is C23H20N4O2. The predicted molar refractivity (Wildman–Crippen MR) is 111 cm³/mol. The minimum atomic E-state index is -0.162. The quantitative estimate of drug-likeness (QED) is 0.449. The van der Waals surface area contributed by atoms with Gasteiger partial charge in [-0.05, 0) is 35.9 Å². The summed E-state index contributed by atoms with van der Waals surface area (Å²) in [7, 11) is 0. The standard InChI is InChI=1S/C23H20N4O2/c28-23(27(18-22-12-7-15-29-22)21-10-5-2-6-11-21)14-13-20-17-26(25-24-20)16-19-8-3-1-4-9-19/h1-15,17H,16,18H2/b14-13+.